The van der Waals surface area contributed by atoms with Gasteiger partial charge in [0, 0.05) is 12.1 Å². The molecule has 2 rings (SSSR count). The van der Waals surface area contributed by atoms with Crippen LogP contribution in [0.15, 0.2) is 59.0 Å². The van der Waals surface area contributed by atoms with Crippen LogP contribution in [0.4, 0.5) is 5.69 Å². The van der Waals surface area contributed by atoms with Crippen molar-refractivity contribution in [3.8, 4) is 0 Å². The number of rotatable bonds is 3. The summed E-state index contributed by atoms with van der Waals surface area (Å²) in [6, 6.07) is 12.1. The molecule has 0 aliphatic rings. The summed E-state index contributed by atoms with van der Waals surface area (Å²) in [6.45, 7) is 2.66. The minimum absolute atomic E-state index is 0.620. The van der Waals surface area contributed by atoms with E-state index in [-0.39, 0.29) is 0 Å². The maximum absolute atomic E-state index is 4.24. The predicted octanol–water partition coefficient (Wildman–Crippen LogP) is 3.10. The minimum atomic E-state index is 0.620. The summed E-state index contributed by atoms with van der Waals surface area (Å²) in [6.07, 6.45) is 4.03. The standard InChI is InChI=1S/C14H16N3/c1-12-5-3-4-6-14(12)16-15-11-13-7-9-17(2)10-8-13/h3-10H,11H2,1-2H3/q+1. The zero-order valence-electron chi connectivity index (χ0n) is 10.2. The monoisotopic (exact) mass is 226 g/mol. The molecule has 1 aromatic carbocycles. The van der Waals surface area contributed by atoms with Gasteiger partial charge < -0.3 is 0 Å². The Labute approximate surface area is 101 Å². The zero-order chi connectivity index (χ0) is 12.1. The van der Waals surface area contributed by atoms with Crippen LogP contribution in [0, 0.1) is 6.92 Å². The van der Waals surface area contributed by atoms with Crippen LogP contribution in [0.5, 0.6) is 0 Å². The Morgan fingerprint density at radius 1 is 1.06 bits per heavy atom. The highest BCUT2D eigenvalue weighted by Gasteiger charge is 1.95. The van der Waals surface area contributed by atoms with Crippen molar-refractivity contribution in [3.05, 3.63) is 59.9 Å². The Balaban J connectivity index is 2.03. The summed E-state index contributed by atoms with van der Waals surface area (Å²) in [7, 11) is 2.00. The molecule has 0 fully saturated rings. The molecule has 0 aliphatic heterocycles. The van der Waals surface area contributed by atoms with Crippen molar-refractivity contribution in [2.45, 2.75) is 13.5 Å². The normalized spacial score (nSPS) is 10.9. The SMILES string of the molecule is Cc1ccccc1N=NCc1cc[n+](C)cc1. The molecule has 0 N–H and O–H groups in total. The van der Waals surface area contributed by atoms with Crippen LogP contribution in [-0.4, -0.2) is 0 Å². The van der Waals surface area contributed by atoms with Gasteiger partial charge in [-0.15, -0.1) is 0 Å². The van der Waals surface area contributed by atoms with Crippen LogP contribution in [0.3, 0.4) is 0 Å². The summed E-state index contributed by atoms with van der Waals surface area (Å²) in [5, 5.41) is 8.46. The number of azo groups is 1. The number of benzene rings is 1. The number of hydrogen-bond donors (Lipinski definition) is 0. The molecule has 3 nitrogen and oxygen atoms in total. The molecule has 0 saturated heterocycles. The number of aryl methyl sites for hydroxylation is 2. The van der Waals surface area contributed by atoms with Crippen molar-refractivity contribution in [1.82, 2.24) is 0 Å². The van der Waals surface area contributed by atoms with E-state index in [1.165, 1.54) is 5.56 Å². The van der Waals surface area contributed by atoms with Crippen molar-refractivity contribution in [2.75, 3.05) is 0 Å². The van der Waals surface area contributed by atoms with Crippen LogP contribution in [0.25, 0.3) is 0 Å². The molecule has 0 aliphatic carbocycles. The van der Waals surface area contributed by atoms with Gasteiger partial charge in [-0.2, -0.15) is 10.2 Å². The summed E-state index contributed by atoms with van der Waals surface area (Å²) in [5.41, 5.74) is 3.25. The molecule has 0 spiro atoms. The van der Waals surface area contributed by atoms with E-state index in [9.17, 15) is 0 Å². The Bertz CT molecular complexity index is 515. The van der Waals surface area contributed by atoms with Crippen LogP contribution in [0.1, 0.15) is 11.1 Å². The van der Waals surface area contributed by atoms with Gasteiger partial charge in [0.2, 0.25) is 0 Å². The largest absolute Gasteiger partial charge is 0.208 e. The molecule has 0 saturated carbocycles. The van der Waals surface area contributed by atoms with Gasteiger partial charge in [0.25, 0.3) is 0 Å². The first-order valence-corrected chi connectivity index (χ1v) is 5.63. The van der Waals surface area contributed by atoms with E-state index in [1.54, 1.807) is 0 Å². The molecule has 86 valence electrons. The van der Waals surface area contributed by atoms with Crippen molar-refractivity contribution in [3.63, 3.8) is 0 Å². The van der Waals surface area contributed by atoms with Crippen LogP contribution in [-0.2, 0) is 13.6 Å². The first-order valence-electron chi connectivity index (χ1n) is 5.63. The van der Waals surface area contributed by atoms with E-state index >= 15 is 0 Å². The Morgan fingerprint density at radius 2 is 1.76 bits per heavy atom. The quantitative estimate of drug-likeness (QED) is 0.568. The van der Waals surface area contributed by atoms with Gasteiger partial charge in [-0.3, -0.25) is 0 Å². The highest BCUT2D eigenvalue weighted by Crippen LogP contribution is 2.17. The zero-order valence-corrected chi connectivity index (χ0v) is 10.2. The number of aromatic nitrogens is 1. The molecule has 1 heterocycles. The first kappa shape index (κ1) is 11.5. The lowest BCUT2D eigenvalue weighted by molar-refractivity contribution is -0.671. The molecule has 1 aromatic heterocycles. The van der Waals surface area contributed by atoms with E-state index in [0.717, 1.165) is 11.3 Å². The maximum Gasteiger partial charge on any atom is 0.168 e. The van der Waals surface area contributed by atoms with Crippen molar-refractivity contribution in [1.29, 1.82) is 0 Å². The highest BCUT2D eigenvalue weighted by atomic mass is 15.1. The second kappa shape index (κ2) is 5.34. The number of nitrogens with zero attached hydrogens (tertiary/aromatic N) is 3. The van der Waals surface area contributed by atoms with Gasteiger partial charge in [0.15, 0.2) is 12.4 Å². The number of pyridine rings is 1. The molecule has 0 unspecified atom stereocenters. The second-order valence-electron chi connectivity index (χ2n) is 4.06. The van der Waals surface area contributed by atoms with Gasteiger partial charge in [0.1, 0.15) is 7.05 Å². The fraction of sp³-hybridized carbons (Fsp3) is 0.214. The van der Waals surface area contributed by atoms with Crippen molar-refractivity contribution in [2.24, 2.45) is 17.3 Å². The lowest BCUT2D eigenvalue weighted by Crippen LogP contribution is -2.25. The van der Waals surface area contributed by atoms with Crippen LogP contribution in [0.2, 0.25) is 0 Å². The van der Waals surface area contributed by atoms with Crippen LogP contribution >= 0.6 is 0 Å². The molecule has 3 heteroatoms. The minimum Gasteiger partial charge on any atom is -0.208 e. The Morgan fingerprint density at radius 3 is 2.47 bits per heavy atom. The Kier molecular flexibility index (Phi) is 3.60. The van der Waals surface area contributed by atoms with Crippen molar-refractivity contribution < 1.29 is 4.57 Å². The van der Waals surface area contributed by atoms with Gasteiger partial charge in [-0.05, 0) is 24.1 Å². The summed E-state index contributed by atoms with van der Waals surface area (Å²) in [4.78, 5) is 0. The third-order valence-corrected chi connectivity index (χ3v) is 2.59. The topological polar surface area (TPSA) is 28.6 Å². The Hall–Kier alpha value is -2.03. The molecule has 0 bridgehead atoms. The predicted molar refractivity (Wildman–Crippen MR) is 67.0 cm³/mol. The third-order valence-electron chi connectivity index (χ3n) is 2.59. The number of hydrogen-bond acceptors (Lipinski definition) is 2. The summed E-state index contributed by atoms with van der Waals surface area (Å²) < 4.78 is 2.00. The first-order chi connectivity index (χ1) is 8.25. The fourth-order valence-electron chi connectivity index (χ4n) is 1.51. The summed E-state index contributed by atoms with van der Waals surface area (Å²) in [5.74, 6) is 0. The molecule has 0 amide bonds. The molecule has 2 aromatic rings. The third kappa shape index (κ3) is 3.21. The van der Waals surface area contributed by atoms with E-state index in [1.807, 2.05) is 55.2 Å². The van der Waals surface area contributed by atoms with Gasteiger partial charge >= 0.3 is 0 Å². The van der Waals surface area contributed by atoms with Gasteiger partial charge in [-0.1, -0.05) is 18.2 Å². The average molecular weight is 226 g/mol. The van der Waals surface area contributed by atoms with Crippen molar-refractivity contribution >= 4 is 5.69 Å². The van der Waals surface area contributed by atoms with E-state index in [2.05, 4.69) is 22.4 Å². The highest BCUT2D eigenvalue weighted by molar-refractivity contribution is 5.43. The summed E-state index contributed by atoms with van der Waals surface area (Å²) >= 11 is 0. The molecule has 0 radical (unpaired) electrons. The molecule has 0 atom stereocenters. The smallest absolute Gasteiger partial charge is 0.168 e. The lowest BCUT2D eigenvalue weighted by atomic mass is 10.2. The van der Waals surface area contributed by atoms with Crippen LogP contribution < -0.4 is 4.57 Å². The maximum atomic E-state index is 4.24. The molecular weight excluding hydrogens is 210 g/mol. The van der Waals surface area contributed by atoms with Gasteiger partial charge in [-0.25, -0.2) is 4.57 Å². The fourth-order valence-corrected chi connectivity index (χ4v) is 1.51. The second-order valence-corrected chi connectivity index (χ2v) is 4.06. The molecule has 17 heavy (non-hydrogen) atoms. The van der Waals surface area contributed by atoms with Gasteiger partial charge in [0.05, 0.1) is 12.2 Å². The average Bonchev–Trinajstić information content (AvgIpc) is 2.34. The molecular formula is C14H16N3+. The van der Waals surface area contributed by atoms with E-state index < -0.39 is 0 Å². The lowest BCUT2D eigenvalue weighted by Gasteiger charge is -1.97. The van der Waals surface area contributed by atoms with E-state index in [0.29, 0.717) is 6.54 Å². The van der Waals surface area contributed by atoms with E-state index in [4.69, 9.17) is 0 Å².